The second-order valence-electron chi connectivity index (χ2n) is 2.94. The van der Waals surface area contributed by atoms with Gasteiger partial charge in [0.2, 0.25) is 0 Å². The van der Waals surface area contributed by atoms with Crippen LogP contribution in [-0.4, -0.2) is 6.54 Å². The summed E-state index contributed by atoms with van der Waals surface area (Å²) in [5.74, 6) is 0. The van der Waals surface area contributed by atoms with Crippen molar-refractivity contribution < 1.29 is 0 Å². The van der Waals surface area contributed by atoms with Crippen LogP contribution in [0.3, 0.4) is 0 Å². The van der Waals surface area contributed by atoms with Gasteiger partial charge in [0.05, 0.1) is 11.1 Å². The van der Waals surface area contributed by atoms with E-state index in [4.69, 9.17) is 11.6 Å². The molecule has 0 aromatic heterocycles. The Labute approximate surface area is 98.3 Å². The maximum Gasteiger partial charge on any atom is 0.0548 e. The fourth-order valence-corrected chi connectivity index (χ4v) is 1.78. The van der Waals surface area contributed by atoms with Gasteiger partial charge in [-0.25, -0.2) is 0 Å². The van der Waals surface area contributed by atoms with Gasteiger partial charge in [0.1, 0.15) is 0 Å². The van der Waals surface area contributed by atoms with Crippen LogP contribution in [0.1, 0.15) is 18.5 Å². The highest BCUT2D eigenvalue weighted by molar-refractivity contribution is 9.10. The largest absolute Gasteiger partial charge is 0.307 e. The monoisotopic (exact) mass is 273 g/mol. The molecule has 1 atom stereocenters. The fourth-order valence-electron chi connectivity index (χ4n) is 1.26. The maximum atomic E-state index is 5.91. The minimum Gasteiger partial charge on any atom is -0.307 e. The van der Waals surface area contributed by atoms with Crippen LogP contribution in [0.25, 0.3) is 0 Å². The van der Waals surface area contributed by atoms with E-state index >= 15 is 0 Å². The number of benzene rings is 1. The number of hydrogen-bond acceptors (Lipinski definition) is 1. The molecule has 1 nitrogen and oxygen atoms in total. The van der Waals surface area contributed by atoms with E-state index in [-0.39, 0.29) is 6.04 Å². The van der Waals surface area contributed by atoms with Crippen molar-refractivity contribution in [2.24, 2.45) is 0 Å². The third-order valence-electron chi connectivity index (χ3n) is 1.96. The van der Waals surface area contributed by atoms with E-state index in [9.17, 15) is 0 Å². The molecule has 0 bridgehead atoms. The van der Waals surface area contributed by atoms with E-state index in [2.05, 4.69) is 34.7 Å². The fraction of sp³-hybridized carbons (Fsp3) is 0.273. The third kappa shape index (κ3) is 2.84. The molecule has 0 saturated heterocycles. The molecule has 0 aliphatic rings. The van der Waals surface area contributed by atoms with Gasteiger partial charge in [-0.05, 0) is 40.2 Å². The molecule has 0 heterocycles. The molecule has 0 saturated carbocycles. The zero-order valence-corrected chi connectivity index (χ0v) is 10.4. The van der Waals surface area contributed by atoms with Crippen molar-refractivity contribution in [3.05, 3.63) is 45.9 Å². The molecule has 0 aliphatic carbocycles. The summed E-state index contributed by atoms with van der Waals surface area (Å²) in [5.41, 5.74) is 1.16. The Balaban J connectivity index is 2.93. The number of nitrogens with one attached hydrogen (secondary N) is 1. The quantitative estimate of drug-likeness (QED) is 0.820. The van der Waals surface area contributed by atoms with Gasteiger partial charge in [0.15, 0.2) is 0 Å². The lowest BCUT2D eigenvalue weighted by Gasteiger charge is -2.14. The highest BCUT2D eigenvalue weighted by Gasteiger charge is 2.07. The highest BCUT2D eigenvalue weighted by Crippen LogP contribution is 2.26. The van der Waals surface area contributed by atoms with Crippen LogP contribution in [-0.2, 0) is 0 Å². The minimum absolute atomic E-state index is 0.188. The summed E-state index contributed by atoms with van der Waals surface area (Å²) in [7, 11) is 0. The van der Waals surface area contributed by atoms with Gasteiger partial charge in [0, 0.05) is 4.47 Å². The molecule has 1 unspecified atom stereocenters. The Hall–Kier alpha value is -0.310. The molecule has 1 rings (SSSR count). The molecular weight excluding hydrogens is 261 g/mol. The molecular formula is C11H13BrClN. The van der Waals surface area contributed by atoms with E-state index in [1.54, 1.807) is 0 Å². The van der Waals surface area contributed by atoms with Crippen LogP contribution in [0.15, 0.2) is 35.3 Å². The first kappa shape index (κ1) is 11.8. The standard InChI is InChI=1S/C11H13BrClN/c1-3-11(14-4-2)8-5-6-10(13)9(12)7-8/h3,5-7,11,14H,1,4H2,2H3. The molecule has 0 radical (unpaired) electrons. The number of halogens is 2. The minimum atomic E-state index is 0.188. The topological polar surface area (TPSA) is 12.0 Å². The molecule has 0 spiro atoms. The first-order chi connectivity index (χ1) is 6.69. The average molecular weight is 275 g/mol. The van der Waals surface area contributed by atoms with Crippen LogP contribution >= 0.6 is 27.5 Å². The second kappa shape index (κ2) is 5.54. The van der Waals surface area contributed by atoms with Gasteiger partial charge >= 0.3 is 0 Å². The number of hydrogen-bond donors (Lipinski definition) is 1. The molecule has 0 amide bonds. The van der Waals surface area contributed by atoms with Gasteiger partial charge in [-0.2, -0.15) is 0 Å². The summed E-state index contributed by atoms with van der Waals surface area (Å²) in [6.07, 6.45) is 1.89. The van der Waals surface area contributed by atoms with Crippen molar-refractivity contribution in [2.75, 3.05) is 6.54 Å². The summed E-state index contributed by atoms with van der Waals surface area (Å²) in [4.78, 5) is 0. The third-order valence-corrected chi connectivity index (χ3v) is 3.18. The Morgan fingerprint density at radius 1 is 1.64 bits per heavy atom. The summed E-state index contributed by atoms with van der Waals surface area (Å²) in [5, 5.41) is 4.04. The van der Waals surface area contributed by atoms with E-state index in [1.165, 1.54) is 0 Å². The lowest BCUT2D eigenvalue weighted by Crippen LogP contribution is -2.18. The zero-order chi connectivity index (χ0) is 10.6. The summed E-state index contributed by atoms with van der Waals surface area (Å²) >= 11 is 9.31. The molecule has 76 valence electrons. The predicted octanol–water partition coefficient (Wildman–Crippen LogP) is 3.94. The summed E-state index contributed by atoms with van der Waals surface area (Å²) in [6.45, 7) is 6.78. The predicted molar refractivity (Wildman–Crippen MR) is 65.8 cm³/mol. The lowest BCUT2D eigenvalue weighted by molar-refractivity contribution is 0.649. The Bertz CT molecular complexity index is 325. The second-order valence-corrected chi connectivity index (χ2v) is 4.21. The van der Waals surface area contributed by atoms with Crippen molar-refractivity contribution in [3.63, 3.8) is 0 Å². The molecule has 1 aromatic carbocycles. The summed E-state index contributed by atoms with van der Waals surface area (Å²) in [6, 6.07) is 6.09. The normalized spacial score (nSPS) is 12.5. The molecule has 1 aromatic rings. The Kier molecular flexibility index (Phi) is 4.66. The Morgan fingerprint density at radius 2 is 2.36 bits per heavy atom. The highest BCUT2D eigenvalue weighted by atomic mass is 79.9. The van der Waals surface area contributed by atoms with Gasteiger partial charge in [-0.15, -0.1) is 6.58 Å². The lowest BCUT2D eigenvalue weighted by atomic mass is 10.1. The van der Waals surface area contributed by atoms with Crippen LogP contribution < -0.4 is 5.32 Å². The molecule has 0 aliphatic heterocycles. The van der Waals surface area contributed by atoms with Crippen molar-refractivity contribution >= 4 is 27.5 Å². The van der Waals surface area contributed by atoms with Crippen molar-refractivity contribution in [2.45, 2.75) is 13.0 Å². The van der Waals surface area contributed by atoms with Crippen molar-refractivity contribution in [3.8, 4) is 0 Å². The van der Waals surface area contributed by atoms with E-state index in [1.807, 2.05) is 24.3 Å². The van der Waals surface area contributed by atoms with Gasteiger partial charge in [-0.3, -0.25) is 0 Å². The van der Waals surface area contributed by atoms with Gasteiger partial charge < -0.3 is 5.32 Å². The molecule has 0 fully saturated rings. The van der Waals surface area contributed by atoms with Crippen molar-refractivity contribution in [1.29, 1.82) is 0 Å². The average Bonchev–Trinajstić information content (AvgIpc) is 2.19. The first-order valence-corrected chi connectivity index (χ1v) is 5.67. The molecule has 1 N–H and O–H groups in total. The van der Waals surface area contributed by atoms with Crippen LogP contribution in [0.4, 0.5) is 0 Å². The zero-order valence-electron chi connectivity index (χ0n) is 8.06. The van der Waals surface area contributed by atoms with Crippen molar-refractivity contribution in [1.82, 2.24) is 5.32 Å². The van der Waals surface area contributed by atoms with Crippen LogP contribution in [0.5, 0.6) is 0 Å². The van der Waals surface area contributed by atoms with E-state index < -0.39 is 0 Å². The maximum absolute atomic E-state index is 5.91. The first-order valence-electron chi connectivity index (χ1n) is 4.50. The van der Waals surface area contributed by atoms with Crippen LogP contribution in [0.2, 0.25) is 5.02 Å². The van der Waals surface area contributed by atoms with Gasteiger partial charge in [-0.1, -0.05) is 30.7 Å². The number of rotatable bonds is 4. The summed E-state index contributed by atoms with van der Waals surface area (Å²) < 4.78 is 0.918. The number of likely N-dealkylation sites (N-methyl/N-ethyl adjacent to an activating group) is 1. The van der Waals surface area contributed by atoms with Gasteiger partial charge in [0.25, 0.3) is 0 Å². The van der Waals surface area contributed by atoms with E-state index in [0.717, 1.165) is 21.6 Å². The molecule has 14 heavy (non-hydrogen) atoms. The molecule has 3 heteroatoms. The SMILES string of the molecule is C=CC(NCC)c1ccc(Cl)c(Br)c1. The van der Waals surface area contributed by atoms with E-state index in [0.29, 0.717) is 0 Å². The van der Waals surface area contributed by atoms with Crippen LogP contribution in [0, 0.1) is 0 Å². The Morgan fingerprint density at radius 3 is 2.86 bits per heavy atom. The smallest absolute Gasteiger partial charge is 0.0548 e.